The molecule has 0 atom stereocenters. The molecule has 1 aromatic heterocycles. The van der Waals surface area contributed by atoms with E-state index in [0.29, 0.717) is 62.8 Å². The van der Waals surface area contributed by atoms with Gasteiger partial charge in [0.2, 0.25) is 0 Å². The molecule has 0 saturated carbocycles. The number of allylic oxidation sites excluding steroid dienone is 2. The fourth-order valence-corrected chi connectivity index (χ4v) is 6.60. The summed E-state index contributed by atoms with van der Waals surface area (Å²) in [5.41, 5.74) is 1.83. The van der Waals surface area contributed by atoms with Gasteiger partial charge in [0.1, 0.15) is 5.75 Å². The smallest absolute Gasteiger partial charge is 0.497 e. The van der Waals surface area contributed by atoms with Crippen LogP contribution in [0.5, 0.6) is 5.75 Å². The van der Waals surface area contributed by atoms with E-state index in [2.05, 4.69) is 4.99 Å². The van der Waals surface area contributed by atoms with Crippen LogP contribution in [-0.2, 0) is 12.2 Å². The lowest BCUT2D eigenvalue weighted by Gasteiger charge is -2.19. The summed E-state index contributed by atoms with van der Waals surface area (Å²) in [5, 5.41) is 0. The van der Waals surface area contributed by atoms with Gasteiger partial charge in [-0.2, -0.15) is 0 Å². The molecule has 2 aromatic carbocycles. The molecule has 0 spiro atoms. The summed E-state index contributed by atoms with van der Waals surface area (Å²) in [6.07, 6.45) is 0.875. The van der Waals surface area contributed by atoms with Gasteiger partial charge in [-0.05, 0) is 80.5 Å². The second kappa shape index (κ2) is 12.5. The third kappa shape index (κ3) is 5.32. The van der Waals surface area contributed by atoms with Gasteiger partial charge in [0.15, 0.2) is 23.3 Å². The van der Waals surface area contributed by atoms with Gasteiger partial charge in [0.25, 0.3) is 0 Å². The van der Waals surface area contributed by atoms with Crippen molar-refractivity contribution in [2.24, 2.45) is 4.99 Å². The van der Waals surface area contributed by atoms with Crippen LogP contribution in [0.3, 0.4) is 0 Å². The van der Waals surface area contributed by atoms with Crippen LogP contribution in [-0.4, -0.2) is 24.7 Å². The number of halogens is 6. The van der Waals surface area contributed by atoms with E-state index < -0.39 is 46.7 Å². The maximum Gasteiger partial charge on any atom is 0.677 e. The topological polar surface area (TPSA) is 26.5 Å². The zero-order valence-corrected chi connectivity index (χ0v) is 25.3. The van der Waals surface area contributed by atoms with Crippen LogP contribution in [0.4, 0.5) is 26.2 Å². The fraction of sp³-hybridized carbons (Fsp3) is 0.323. The second-order valence-corrected chi connectivity index (χ2v) is 11.0. The summed E-state index contributed by atoms with van der Waals surface area (Å²) in [5.74, 6) is -5.95. The van der Waals surface area contributed by atoms with Gasteiger partial charge >= 0.3 is 7.40 Å². The molecule has 0 aliphatic carbocycles. The number of aromatic nitrogens is 1. The Labute approximate surface area is 246 Å². The molecule has 0 unspecified atom stereocenters. The summed E-state index contributed by atoms with van der Waals surface area (Å²) in [6.45, 7) is 10.0. The number of aliphatic imine (C=N–C) groups is 1. The van der Waals surface area contributed by atoms with Crippen LogP contribution >= 0.6 is 11.8 Å². The van der Waals surface area contributed by atoms with Gasteiger partial charge in [0.05, 0.1) is 23.3 Å². The average Bonchev–Trinajstić information content (AvgIpc) is 3.39. The van der Waals surface area contributed by atoms with Crippen molar-refractivity contribution in [3.8, 4) is 5.75 Å². The highest BCUT2D eigenvalue weighted by Gasteiger charge is 2.37. The Kier molecular flexibility index (Phi) is 9.40. The quantitative estimate of drug-likeness (QED) is 0.105. The predicted molar refractivity (Wildman–Crippen MR) is 158 cm³/mol. The lowest BCUT2D eigenvalue weighted by molar-refractivity contribution is 0.414. The van der Waals surface area contributed by atoms with E-state index in [-0.39, 0.29) is 22.8 Å². The zero-order chi connectivity index (χ0) is 31.0. The molecule has 0 saturated heterocycles. The van der Waals surface area contributed by atoms with E-state index in [1.807, 2.05) is 6.92 Å². The fourth-order valence-electron chi connectivity index (χ4n) is 5.66. The number of benzene rings is 2. The minimum absolute atomic E-state index is 0.00439. The first-order valence-electron chi connectivity index (χ1n) is 13.5. The third-order valence-corrected chi connectivity index (χ3v) is 8.89. The van der Waals surface area contributed by atoms with Crippen LogP contribution in [0.1, 0.15) is 67.8 Å². The lowest BCUT2D eigenvalue weighted by Crippen LogP contribution is -2.20. The van der Waals surface area contributed by atoms with E-state index in [0.717, 1.165) is 5.57 Å². The van der Waals surface area contributed by atoms with E-state index in [9.17, 15) is 8.63 Å². The predicted octanol–water partition coefficient (Wildman–Crippen LogP) is 9.26. The number of hydrogen-bond acceptors (Lipinski definition) is 3. The minimum Gasteiger partial charge on any atom is -0.497 e. The highest BCUT2D eigenvalue weighted by Crippen LogP contribution is 2.44. The van der Waals surface area contributed by atoms with E-state index >= 15 is 17.6 Å². The molecule has 0 fully saturated rings. The highest BCUT2D eigenvalue weighted by atomic mass is 32.2. The minimum atomic E-state index is -3.09. The number of methoxy groups -OCH3 is 1. The highest BCUT2D eigenvalue weighted by molar-refractivity contribution is 7.98. The Morgan fingerprint density at radius 2 is 1.50 bits per heavy atom. The molecule has 3 aromatic rings. The first-order valence-corrected chi connectivity index (χ1v) is 14.5. The largest absolute Gasteiger partial charge is 0.677 e. The normalized spacial score (nSPS) is 14.5. The molecule has 11 heteroatoms. The maximum absolute atomic E-state index is 16.1. The van der Waals surface area contributed by atoms with Crippen molar-refractivity contribution in [2.45, 2.75) is 65.0 Å². The summed E-state index contributed by atoms with van der Waals surface area (Å²) >= 11 is 0.594. The van der Waals surface area contributed by atoms with Gasteiger partial charge in [-0.3, -0.25) is 13.6 Å². The third-order valence-electron chi connectivity index (χ3n) is 7.76. The first kappa shape index (κ1) is 31.6. The monoisotopic (exact) mass is 604 g/mol. The molecule has 4 rings (SSSR count). The average molecular weight is 604 g/mol. The summed E-state index contributed by atoms with van der Waals surface area (Å²) in [4.78, 5) is 3.67. The van der Waals surface area contributed by atoms with Crippen molar-refractivity contribution < 1.29 is 30.9 Å². The number of ether oxygens (including phenoxy) is 1. The molecule has 1 aliphatic rings. The van der Waals surface area contributed by atoms with Crippen LogP contribution in [0.15, 0.2) is 51.0 Å². The molecule has 1 aliphatic heterocycles. The van der Waals surface area contributed by atoms with Crippen LogP contribution in [0.25, 0.3) is 5.57 Å². The van der Waals surface area contributed by atoms with E-state index in [1.54, 1.807) is 52.0 Å². The van der Waals surface area contributed by atoms with Crippen molar-refractivity contribution in [1.29, 1.82) is 0 Å². The first-order chi connectivity index (χ1) is 19.9. The Hall–Kier alpha value is -3.34. The van der Waals surface area contributed by atoms with Crippen molar-refractivity contribution in [1.82, 2.24) is 4.48 Å². The van der Waals surface area contributed by atoms with E-state index in [4.69, 9.17) is 4.74 Å². The molecule has 2 heterocycles. The summed E-state index contributed by atoms with van der Waals surface area (Å²) in [6, 6.07) is 6.65. The molecule has 222 valence electrons. The summed E-state index contributed by atoms with van der Waals surface area (Å²) in [7, 11) is -1.59. The number of hydrogen-bond donors (Lipinski definition) is 0. The maximum atomic E-state index is 16.1. The van der Waals surface area contributed by atoms with Crippen LogP contribution in [0.2, 0.25) is 0 Å². The second-order valence-electron chi connectivity index (χ2n) is 10.0. The van der Waals surface area contributed by atoms with Gasteiger partial charge < -0.3 is 9.21 Å². The van der Waals surface area contributed by atoms with Gasteiger partial charge in [0, 0.05) is 28.4 Å². The Morgan fingerprint density at radius 1 is 0.905 bits per heavy atom. The number of thioether (sulfide) groups is 1. The number of nitrogens with zero attached hydrogens (tertiary/aromatic N) is 2. The summed E-state index contributed by atoms with van der Waals surface area (Å²) < 4.78 is 98.4. The Balaban J connectivity index is 2.01. The van der Waals surface area contributed by atoms with Crippen molar-refractivity contribution in [3.05, 3.63) is 98.0 Å². The van der Waals surface area contributed by atoms with Crippen molar-refractivity contribution in [3.63, 3.8) is 0 Å². The standard InChI is InChI=1S/C31H31BF6N2OS/c1-8-21-15(3)29(39-17(21)5)24(30-16(4)22(9-2)18(6)40(30)32(37)38)23-25(33)27(35)31(28(36)26(23)34)42-14-19-10-12-20(41-7)13-11-19/h10-13H,8-9,14H2,1-7H3/b29-24+. The molecular weight excluding hydrogens is 573 g/mol. The van der Waals surface area contributed by atoms with Gasteiger partial charge in [-0.25, -0.2) is 17.6 Å². The molecule has 42 heavy (non-hydrogen) atoms. The Bertz CT molecular complexity index is 1610. The van der Waals surface area contributed by atoms with Crippen molar-refractivity contribution in [2.75, 3.05) is 7.11 Å². The van der Waals surface area contributed by atoms with Gasteiger partial charge in [-0.15, -0.1) is 11.8 Å². The van der Waals surface area contributed by atoms with Gasteiger partial charge in [-0.1, -0.05) is 26.0 Å². The SMILES string of the molecule is CCC1=C(C)/C(=C(/c2c(F)c(F)c(SCc3ccc(OC)cc3)c(F)c2F)c2c(C)c(CC)c(C)n2B(F)F)N=C1C. The lowest BCUT2D eigenvalue weighted by atomic mass is 9.91. The molecule has 0 radical (unpaired) electrons. The molecule has 3 nitrogen and oxygen atoms in total. The van der Waals surface area contributed by atoms with E-state index in [1.165, 1.54) is 14.0 Å². The molecule has 0 N–H and O–H groups in total. The van der Waals surface area contributed by atoms with Crippen LogP contribution in [0, 0.1) is 37.1 Å². The zero-order valence-electron chi connectivity index (χ0n) is 24.5. The van der Waals surface area contributed by atoms with Crippen molar-refractivity contribution >= 4 is 30.4 Å². The van der Waals surface area contributed by atoms with Crippen LogP contribution < -0.4 is 4.74 Å². The number of rotatable bonds is 9. The Morgan fingerprint density at radius 3 is 1.98 bits per heavy atom. The molecule has 0 amide bonds. The molecule has 0 bridgehead atoms. The molecular formula is C31H31BF6N2OS.